The topological polar surface area (TPSA) is 95.0 Å². The van der Waals surface area contributed by atoms with Crippen molar-refractivity contribution in [3.63, 3.8) is 0 Å². The summed E-state index contributed by atoms with van der Waals surface area (Å²) in [4.78, 5) is 13.2. The molecule has 0 unspecified atom stereocenters. The summed E-state index contributed by atoms with van der Waals surface area (Å²) in [6.45, 7) is 4.25. The molecule has 1 heterocycles. The number of hydrogen-bond donors (Lipinski definition) is 4. The van der Waals surface area contributed by atoms with Gasteiger partial charge in [-0.3, -0.25) is 0 Å². The Morgan fingerprint density at radius 2 is 1.33 bits per heavy atom. The van der Waals surface area contributed by atoms with Gasteiger partial charge >= 0.3 is 0 Å². The van der Waals surface area contributed by atoms with Gasteiger partial charge < -0.3 is 21.1 Å². The summed E-state index contributed by atoms with van der Waals surface area (Å²) in [5.74, 6) is 1.37. The van der Waals surface area contributed by atoms with E-state index in [1.807, 2.05) is 36.4 Å². The number of nitrogens with one attached hydrogen (secondary N) is 3. The molecule has 0 saturated carbocycles. The number of rotatable bonds is 7. The van der Waals surface area contributed by atoms with Gasteiger partial charge in [0.2, 0.25) is 17.8 Å². The number of hydrogen-bond acceptors (Lipinski definition) is 7. The Bertz CT molecular complexity index is 891. The molecule has 0 aliphatic carbocycles. The van der Waals surface area contributed by atoms with Crippen molar-refractivity contribution in [2.45, 2.75) is 20.3 Å². The van der Waals surface area contributed by atoms with Crippen LogP contribution in [0.3, 0.4) is 0 Å². The Morgan fingerprint density at radius 3 is 1.89 bits per heavy atom. The zero-order valence-corrected chi connectivity index (χ0v) is 15.7. The third kappa shape index (κ3) is 5.15. The third-order valence-electron chi connectivity index (χ3n) is 3.95. The van der Waals surface area contributed by atoms with Gasteiger partial charge in [-0.1, -0.05) is 18.2 Å². The van der Waals surface area contributed by atoms with Gasteiger partial charge in [-0.25, -0.2) is 0 Å². The van der Waals surface area contributed by atoms with Crippen molar-refractivity contribution < 1.29 is 5.11 Å². The van der Waals surface area contributed by atoms with Crippen LogP contribution in [-0.4, -0.2) is 33.7 Å². The highest BCUT2D eigenvalue weighted by Gasteiger charge is 2.07. The Hall–Kier alpha value is -3.19. The van der Waals surface area contributed by atoms with Crippen LogP contribution in [0, 0.1) is 13.8 Å². The van der Waals surface area contributed by atoms with Crippen LogP contribution in [0.5, 0.6) is 0 Å². The Balaban J connectivity index is 1.82. The molecule has 27 heavy (non-hydrogen) atoms. The standard InChI is InChI=1S/C20H24N6O/c1-13-10-14(2)12-17(11-13)23-20-25-18(21-3)24-19(26-20)22-16-6-4-15(5-7-16)8-9-27/h4-7,10-12,27H,8-9H2,1-3H3,(H3,21,22,23,24,25,26). The maximum absolute atomic E-state index is 9.01. The lowest BCUT2D eigenvalue weighted by atomic mass is 10.1. The molecule has 0 aliphatic heterocycles. The van der Waals surface area contributed by atoms with E-state index >= 15 is 0 Å². The van der Waals surface area contributed by atoms with Gasteiger partial charge in [0.25, 0.3) is 0 Å². The van der Waals surface area contributed by atoms with Crippen molar-refractivity contribution in [3.05, 3.63) is 59.2 Å². The summed E-state index contributed by atoms with van der Waals surface area (Å²) >= 11 is 0. The molecule has 0 fully saturated rings. The second kappa shape index (κ2) is 8.46. The highest BCUT2D eigenvalue weighted by molar-refractivity contribution is 5.60. The molecule has 0 bridgehead atoms. The summed E-state index contributed by atoms with van der Waals surface area (Å²) in [5.41, 5.74) is 5.21. The average molecular weight is 364 g/mol. The Kier molecular flexibility index (Phi) is 5.83. The molecule has 0 spiro atoms. The van der Waals surface area contributed by atoms with Crippen LogP contribution >= 0.6 is 0 Å². The lowest BCUT2D eigenvalue weighted by molar-refractivity contribution is 0.299. The number of anilines is 5. The van der Waals surface area contributed by atoms with Crippen LogP contribution in [0.4, 0.5) is 29.2 Å². The van der Waals surface area contributed by atoms with E-state index in [9.17, 15) is 0 Å². The molecular formula is C20H24N6O. The number of aliphatic hydroxyl groups excluding tert-OH is 1. The average Bonchev–Trinajstić information content (AvgIpc) is 2.62. The summed E-state index contributed by atoms with van der Waals surface area (Å²) in [6.07, 6.45) is 0.639. The van der Waals surface area contributed by atoms with Crippen molar-refractivity contribution in [2.75, 3.05) is 29.6 Å². The molecule has 0 atom stereocenters. The smallest absolute Gasteiger partial charge is 0.233 e. The summed E-state index contributed by atoms with van der Waals surface area (Å²) < 4.78 is 0. The zero-order chi connectivity index (χ0) is 19.2. The van der Waals surface area contributed by atoms with Crippen molar-refractivity contribution in [3.8, 4) is 0 Å². The molecule has 3 rings (SSSR count). The number of aryl methyl sites for hydroxylation is 2. The minimum atomic E-state index is 0.138. The van der Waals surface area contributed by atoms with Gasteiger partial charge in [0.15, 0.2) is 0 Å². The van der Waals surface area contributed by atoms with E-state index in [1.54, 1.807) is 7.05 Å². The molecule has 0 aliphatic rings. The SMILES string of the molecule is CNc1nc(Nc2ccc(CCO)cc2)nc(Nc2cc(C)cc(C)c2)n1. The number of aliphatic hydroxyl groups is 1. The fraction of sp³-hybridized carbons (Fsp3) is 0.250. The molecule has 140 valence electrons. The molecule has 0 saturated heterocycles. The fourth-order valence-electron chi connectivity index (χ4n) is 2.79. The minimum absolute atomic E-state index is 0.138. The molecule has 7 nitrogen and oxygen atoms in total. The molecule has 4 N–H and O–H groups in total. The van der Waals surface area contributed by atoms with E-state index < -0.39 is 0 Å². The molecular weight excluding hydrogens is 340 g/mol. The first-order valence-corrected chi connectivity index (χ1v) is 8.81. The molecule has 7 heteroatoms. The summed E-state index contributed by atoms with van der Waals surface area (Å²) in [6, 6.07) is 14.0. The molecule has 0 amide bonds. The lowest BCUT2D eigenvalue weighted by Crippen LogP contribution is -2.07. The quantitative estimate of drug-likeness (QED) is 0.509. The van der Waals surface area contributed by atoms with Gasteiger partial charge in [-0.2, -0.15) is 15.0 Å². The maximum atomic E-state index is 9.01. The van der Waals surface area contributed by atoms with Crippen molar-refractivity contribution in [2.24, 2.45) is 0 Å². The van der Waals surface area contributed by atoms with Crippen molar-refractivity contribution in [1.82, 2.24) is 15.0 Å². The van der Waals surface area contributed by atoms with Crippen LogP contribution in [-0.2, 0) is 6.42 Å². The van der Waals surface area contributed by atoms with E-state index in [4.69, 9.17) is 5.11 Å². The Labute approximate surface area is 158 Å². The first-order valence-electron chi connectivity index (χ1n) is 8.81. The fourth-order valence-corrected chi connectivity index (χ4v) is 2.79. The van der Waals surface area contributed by atoms with Gasteiger partial charge in [0.1, 0.15) is 0 Å². The summed E-state index contributed by atoms with van der Waals surface area (Å²) in [5, 5.41) is 18.4. The number of aromatic nitrogens is 3. The lowest BCUT2D eigenvalue weighted by Gasteiger charge is -2.11. The predicted molar refractivity (Wildman–Crippen MR) is 109 cm³/mol. The van der Waals surface area contributed by atoms with Gasteiger partial charge in [-0.05, 0) is 61.2 Å². The first-order chi connectivity index (χ1) is 13.1. The normalized spacial score (nSPS) is 10.5. The molecule has 2 aromatic carbocycles. The van der Waals surface area contributed by atoms with Gasteiger partial charge in [-0.15, -0.1) is 0 Å². The third-order valence-corrected chi connectivity index (χ3v) is 3.95. The molecule has 0 radical (unpaired) electrons. The highest BCUT2D eigenvalue weighted by atomic mass is 16.2. The number of nitrogens with zero attached hydrogens (tertiary/aromatic N) is 3. The minimum Gasteiger partial charge on any atom is -0.396 e. The molecule has 3 aromatic rings. The highest BCUT2D eigenvalue weighted by Crippen LogP contribution is 2.20. The second-order valence-corrected chi connectivity index (χ2v) is 6.35. The Morgan fingerprint density at radius 1 is 0.778 bits per heavy atom. The van der Waals surface area contributed by atoms with Crippen LogP contribution in [0.2, 0.25) is 0 Å². The van der Waals surface area contributed by atoms with E-state index in [2.05, 4.69) is 50.8 Å². The van der Waals surface area contributed by atoms with Gasteiger partial charge in [0, 0.05) is 25.0 Å². The van der Waals surface area contributed by atoms with Crippen LogP contribution in [0.1, 0.15) is 16.7 Å². The largest absolute Gasteiger partial charge is 0.396 e. The summed E-state index contributed by atoms with van der Waals surface area (Å²) in [7, 11) is 1.77. The van der Waals surface area contributed by atoms with Crippen LogP contribution < -0.4 is 16.0 Å². The van der Waals surface area contributed by atoms with E-state index in [0.717, 1.165) is 16.9 Å². The first kappa shape index (κ1) is 18.6. The zero-order valence-electron chi connectivity index (χ0n) is 15.7. The monoisotopic (exact) mass is 364 g/mol. The van der Waals surface area contributed by atoms with E-state index in [1.165, 1.54) is 11.1 Å². The van der Waals surface area contributed by atoms with E-state index in [0.29, 0.717) is 24.3 Å². The maximum Gasteiger partial charge on any atom is 0.233 e. The van der Waals surface area contributed by atoms with Gasteiger partial charge in [0.05, 0.1) is 0 Å². The van der Waals surface area contributed by atoms with E-state index in [-0.39, 0.29) is 6.61 Å². The van der Waals surface area contributed by atoms with Crippen LogP contribution in [0.25, 0.3) is 0 Å². The predicted octanol–water partition coefficient (Wildman–Crippen LogP) is 3.55. The molecule has 1 aromatic heterocycles. The second-order valence-electron chi connectivity index (χ2n) is 6.35. The van der Waals surface area contributed by atoms with Crippen molar-refractivity contribution in [1.29, 1.82) is 0 Å². The van der Waals surface area contributed by atoms with Crippen molar-refractivity contribution >= 4 is 29.2 Å². The number of benzene rings is 2. The van der Waals surface area contributed by atoms with Crippen LogP contribution in [0.15, 0.2) is 42.5 Å².